The molecule has 0 saturated carbocycles. The largest absolute Gasteiger partial charge is 0.392 e. The van der Waals surface area contributed by atoms with Gasteiger partial charge >= 0.3 is 0 Å². The topological polar surface area (TPSA) is 20.2 Å². The smallest absolute Gasteiger partial charge is 0.123 e. The van der Waals surface area contributed by atoms with Gasteiger partial charge in [0, 0.05) is 11.5 Å². The van der Waals surface area contributed by atoms with Crippen LogP contribution in [-0.4, -0.2) is 11.2 Å². The van der Waals surface area contributed by atoms with Crippen LogP contribution in [0, 0.1) is 29.5 Å². The fraction of sp³-hybridized carbons (Fsp3) is 0.364. The van der Waals surface area contributed by atoms with E-state index in [9.17, 15) is 9.50 Å². The van der Waals surface area contributed by atoms with Gasteiger partial charge in [0.15, 0.2) is 0 Å². The molecule has 0 aliphatic rings. The summed E-state index contributed by atoms with van der Waals surface area (Å²) in [4.78, 5) is 0. The Labute approximate surface area is 144 Å². The van der Waals surface area contributed by atoms with Gasteiger partial charge in [-0.1, -0.05) is 56.0 Å². The van der Waals surface area contributed by atoms with Crippen LogP contribution in [0.25, 0.3) is 0 Å². The summed E-state index contributed by atoms with van der Waals surface area (Å²) < 4.78 is 13.0. The predicted octanol–water partition coefficient (Wildman–Crippen LogP) is 4.83. The molecule has 0 aliphatic carbocycles. The first kappa shape index (κ1) is 18.2. The number of aliphatic hydroxyl groups is 1. The summed E-state index contributed by atoms with van der Waals surface area (Å²) in [6.07, 6.45) is 1.74. The number of aryl methyl sites for hydroxylation is 1. The van der Waals surface area contributed by atoms with E-state index in [4.69, 9.17) is 0 Å². The molecule has 126 valence electrons. The lowest BCUT2D eigenvalue weighted by Gasteiger charge is -2.20. The van der Waals surface area contributed by atoms with E-state index in [-0.39, 0.29) is 11.7 Å². The summed E-state index contributed by atoms with van der Waals surface area (Å²) in [6, 6.07) is 16.3. The van der Waals surface area contributed by atoms with Crippen molar-refractivity contribution < 1.29 is 9.50 Å². The minimum absolute atomic E-state index is 0.0503. The van der Waals surface area contributed by atoms with Gasteiger partial charge in [-0.3, -0.25) is 0 Å². The zero-order chi connectivity index (χ0) is 17.4. The van der Waals surface area contributed by atoms with Crippen molar-refractivity contribution in [3.8, 4) is 11.8 Å². The maximum Gasteiger partial charge on any atom is 0.123 e. The average molecular weight is 324 g/mol. The molecule has 0 heterocycles. The van der Waals surface area contributed by atoms with Crippen molar-refractivity contribution in [2.75, 3.05) is 0 Å². The van der Waals surface area contributed by atoms with E-state index < -0.39 is 6.10 Å². The van der Waals surface area contributed by atoms with Gasteiger partial charge in [-0.2, -0.15) is 0 Å². The fourth-order valence-electron chi connectivity index (χ4n) is 2.68. The van der Waals surface area contributed by atoms with Crippen molar-refractivity contribution in [1.29, 1.82) is 0 Å². The zero-order valence-corrected chi connectivity index (χ0v) is 14.4. The van der Waals surface area contributed by atoms with Crippen molar-refractivity contribution in [2.45, 2.75) is 39.2 Å². The van der Waals surface area contributed by atoms with Gasteiger partial charge in [0.05, 0.1) is 6.10 Å². The maximum atomic E-state index is 13.0. The first-order valence-corrected chi connectivity index (χ1v) is 8.53. The van der Waals surface area contributed by atoms with Crippen molar-refractivity contribution >= 4 is 0 Å². The van der Waals surface area contributed by atoms with Crippen LogP contribution in [0.3, 0.4) is 0 Å². The highest BCUT2D eigenvalue weighted by Gasteiger charge is 2.18. The summed E-state index contributed by atoms with van der Waals surface area (Å²) in [5.41, 5.74) is 2.01. The molecular weight excluding hydrogens is 299 g/mol. The molecule has 2 heteroatoms. The van der Waals surface area contributed by atoms with E-state index in [1.54, 1.807) is 12.1 Å². The number of aliphatic hydroxyl groups excluding tert-OH is 1. The Hall–Kier alpha value is -2.11. The molecule has 2 aromatic carbocycles. The summed E-state index contributed by atoms with van der Waals surface area (Å²) in [7, 11) is 0. The lowest BCUT2D eigenvalue weighted by Crippen LogP contribution is -2.21. The number of rotatable bonds is 6. The van der Waals surface area contributed by atoms with E-state index in [0.717, 1.165) is 24.0 Å². The molecule has 0 aliphatic heterocycles. The van der Waals surface area contributed by atoms with Crippen LogP contribution in [-0.2, 0) is 6.42 Å². The molecule has 0 fully saturated rings. The quantitative estimate of drug-likeness (QED) is 0.754. The molecule has 0 saturated heterocycles. The fourth-order valence-corrected chi connectivity index (χ4v) is 2.68. The van der Waals surface area contributed by atoms with E-state index in [1.165, 1.54) is 12.1 Å². The third-order valence-electron chi connectivity index (χ3n) is 4.01. The Kier molecular flexibility index (Phi) is 7.03. The van der Waals surface area contributed by atoms with E-state index in [2.05, 4.69) is 25.7 Å². The monoisotopic (exact) mass is 324 g/mol. The molecule has 2 aromatic rings. The van der Waals surface area contributed by atoms with E-state index in [0.29, 0.717) is 12.3 Å². The Morgan fingerprint density at radius 3 is 2.29 bits per heavy atom. The molecule has 24 heavy (non-hydrogen) atoms. The lowest BCUT2D eigenvalue weighted by atomic mass is 9.89. The SMILES string of the molecule is CC(C)C[C@@H](C#Cc1ccccc1)[C@H](O)CCc1ccc(F)cc1. The van der Waals surface area contributed by atoms with Crippen molar-refractivity contribution in [3.63, 3.8) is 0 Å². The highest BCUT2D eigenvalue weighted by atomic mass is 19.1. The minimum Gasteiger partial charge on any atom is -0.392 e. The first-order chi connectivity index (χ1) is 11.5. The molecule has 0 unspecified atom stereocenters. The molecule has 1 N–H and O–H groups in total. The molecule has 0 bridgehead atoms. The molecule has 0 aromatic heterocycles. The van der Waals surface area contributed by atoms with Gasteiger partial charge in [-0.25, -0.2) is 4.39 Å². The highest BCUT2D eigenvalue weighted by molar-refractivity contribution is 5.34. The van der Waals surface area contributed by atoms with Crippen LogP contribution in [0.15, 0.2) is 54.6 Å². The van der Waals surface area contributed by atoms with Crippen molar-refractivity contribution in [2.24, 2.45) is 11.8 Å². The second-order valence-electron chi connectivity index (χ2n) is 6.60. The standard InChI is InChI=1S/C22H25FO/c1-17(2)16-20(12-8-18-6-4-3-5-7-18)22(24)15-11-19-9-13-21(23)14-10-19/h3-7,9-10,13-14,17,20,22,24H,11,15-16H2,1-2H3/t20-,22-/m1/s1. The molecule has 0 amide bonds. The highest BCUT2D eigenvalue weighted by Crippen LogP contribution is 2.19. The summed E-state index contributed by atoms with van der Waals surface area (Å²) in [5, 5.41) is 10.6. The first-order valence-electron chi connectivity index (χ1n) is 8.53. The summed E-state index contributed by atoms with van der Waals surface area (Å²) >= 11 is 0. The Morgan fingerprint density at radius 1 is 1.00 bits per heavy atom. The molecule has 2 rings (SSSR count). The van der Waals surface area contributed by atoms with Gasteiger partial charge in [0.1, 0.15) is 5.82 Å². The van der Waals surface area contributed by atoms with Gasteiger partial charge in [-0.05, 0) is 55.0 Å². The van der Waals surface area contributed by atoms with Gasteiger partial charge < -0.3 is 5.11 Å². The third kappa shape index (κ3) is 6.18. The zero-order valence-electron chi connectivity index (χ0n) is 14.4. The van der Waals surface area contributed by atoms with Crippen LogP contribution in [0.2, 0.25) is 0 Å². The van der Waals surface area contributed by atoms with Crippen LogP contribution >= 0.6 is 0 Å². The van der Waals surface area contributed by atoms with Crippen LogP contribution < -0.4 is 0 Å². The minimum atomic E-state index is -0.478. The number of halogens is 1. The number of hydrogen-bond acceptors (Lipinski definition) is 1. The van der Waals surface area contributed by atoms with Gasteiger partial charge in [0.25, 0.3) is 0 Å². The number of hydrogen-bond donors (Lipinski definition) is 1. The van der Waals surface area contributed by atoms with Crippen LogP contribution in [0.5, 0.6) is 0 Å². The average Bonchev–Trinajstić information content (AvgIpc) is 2.58. The second kappa shape index (κ2) is 9.25. The molecule has 1 nitrogen and oxygen atoms in total. The summed E-state index contributed by atoms with van der Waals surface area (Å²) in [5.74, 6) is 6.62. The Morgan fingerprint density at radius 2 is 1.67 bits per heavy atom. The molecular formula is C22H25FO. The van der Waals surface area contributed by atoms with Crippen LogP contribution in [0.1, 0.15) is 37.8 Å². The lowest BCUT2D eigenvalue weighted by molar-refractivity contribution is 0.114. The maximum absolute atomic E-state index is 13.0. The Bertz CT molecular complexity index is 665. The van der Waals surface area contributed by atoms with Crippen molar-refractivity contribution in [1.82, 2.24) is 0 Å². The second-order valence-corrected chi connectivity index (χ2v) is 6.60. The molecule has 0 spiro atoms. The van der Waals surface area contributed by atoms with Gasteiger partial charge in [-0.15, -0.1) is 0 Å². The normalized spacial score (nSPS) is 13.2. The summed E-state index contributed by atoms with van der Waals surface area (Å²) in [6.45, 7) is 4.29. The predicted molar refractivity (Wildman–Crippen MR) is 97.0 cm³/mol. The number of benzene rings is 2. The van der Waals surface area contributed by atoms with Crippen molar-refractivity contribution in [3.05, 3.63) is 71.5 Å². The van der Waals surface area contributed by atoms with E-state index in [1.807, 2.05) is 30.3 Å². The Balaban J connectivity index is 2.01. The van der Waals surface area contributed by atoms with E-state index >= 15 is 0 Å². The van der Waals surface area contributed by atoms with Gasteiger partial charge in [0.2, 0.25) is 0 Å². The molecule has 0 radical (unpaired) electrons. The third-order valence-corrected chi connectivity index (χ3v) is 4.01. The van der Waals surface area contributed by atoms with Crippen LogP contribution in [0.4, 0.5) is 4.39 Å². The molecule has 2 atom stereocenters.